The molecule has 0 N–H and O–H groups in total. The quantitative estimate of drug-likeness (QED) is 0.788. The molecule has 0 aliphatic rings. The first kappa shape index (κ1) is 12.4. The molecule has 0 saturated carbocycles. The second-order valence-electron chi connectivity index (χ2n) is 4.71. The first-order chi connectivity index (χ1) is 8.78. The van der Waals surface area contributed by atoms with Crippen LogP contribution in [0.15, 0.2) is 54.6 Å². The molecule has 90 valence electrons. The van der Waals surface area contributed by atoms with Crippen molar-refractivity contribution in [1.29, 1.82) is 5.26 Å². The fourth-order valence-electron chi connectivity index (χ4n) is 2.07. The van der Waals surface area contributed by atoms with Crippen LogP contribution < -0.4 is 0 Å². The van der Waals surface area contributed by atoms with Crippen LogP contribution in [-0.2, 0) is 12.8 Å². The van der Waals surface area contributed by atoms with E-state index in [9.17, 15) is 5.26 Å². The van der Waals surface area contributed by atoms with E-state index in [0.29, 0.717) is 0 Å². The van der Waals surface area contributed by atoms with E-state index < -0.39 is 0 Å². The Kier molecular flexibility index (Phi) is 4.15. The third-order valence-corrected chi connectivity index (χ3v) is 3.11. The predicted molar refractivity (Wildman–Crippen MR) is 74.1 cm³/mol. The number of aryl methyl sites for hydroxylation is 1. The van der Waals surface area contributed by atoms with Gasteiger partial charge >= 0.3 is 0 Å². The molecule has 2 aromatic rings. The number of rotatable bonds is 4. The van der Waals surface area contributed by atoms with E-state index in [2.05, 4.69) is 49.4 Å². The summed E-state index contributed by atoms with van der Waals surface area (Å²) < 4.78 is 0. The van der Waals surface area contributed by atoms with Crippen LogP contribution in [0.3, 0.4) is 0 Å². The van der Waals surface area contributed by atoms with Crippen molar-refractivity contribution < 1.29 is 0 Å². The van der Waals surface area contributed by atoms with E-state index in [1.165, 1.54) is 16.7 Å². The van der Waals surface area contributed by atoms with Gasteiger partial charge in [-0.1, -0.05) is 60.2 Å². The van der Waals surface area contributed by atoms with Crippen LogP contribution in [0.5, 0.6) is 0 Å². The zero-order valence-electron chi connectivity index (χ0n) is 10.6. The normalized spacial score (nSPS) is 11.8. The van der Waals surface area contributed by atoms with E-state index in [0.717, 1.165) is 12.8 Å². The lowest BCUT2D eigenvalue weighted by atomic mass is 9.93. The lowest BCUT2D eigenvalue weighted by Gasteiger charge is -2.09. The van der Waals surface area contributed by atoms with Gasteiger partial charge in [-0.2, -0.15) is 5.26 Å². The molecular weight excluding hydrogens is 218 g/mol. The largest absolute Gasteiger partial charge is 0.198 e. The van der Waals surface area contributed by atoms with Gasteiger partial charge in [-0.05, 0) is 30.9 Å². The number of nitrogens with zero attached hydrogens (tertiary/aromatic N) is 1. The summed E-state index contributed by atoms with van der Waals surface area (Å²) in [5.74, 6) is 0.0510. The average molecular weight is 235 g/mol. The minimum atomic E-state index is 0.0510. The molecule has 0 aliphatic heterocycles. The molecule has 0 heterocycles. The van der Waals surface area contributed by atoms with Crippen LogP contribution in [0.1, 0.15) is 16.7 Å². The Labute approximate surface area is 109 Å². The Morgan fingerprint density at radius 1 is 0.889 bits per heavy atom. The van der Waals surface area contributed by atoms with Gasteiger partial charge in [0.1, 0.15) is 0 Å². The van der Waals surface area contributed by atoms with Crippen LogP contribution >= 0.6 is 0 Å². The highest BCUT2D eigenvalue weighted by atomic mass is 14.3. The van der Waals surface area contributed by atoms with E-state index >= 15 is 0 Å². The maximum absolute atomic E-state index is 9.25. The average Bonchev–Trinajstić information content (AvgIpc) is 2.41. The van der Waals surface area contributed by atoms with Gasteiger partial charge in [0, 0.05) is 0 Å². The summed E-state index contributed by atoms with van der Waals surface area (Å²) in [7, 11) is 0. The summed E-state index contributed by atoms with van der Waals surface area (Å²) in [5, 5.41) is 9.25. The van der Waals surface area contributed by atoms with Gasteiger partial charge in [0.05, 0.1) is 12.0 Å². The Hall–Kier alpha value is -2.07. The first-order valence-electron chi connectivity index (χ1n) is 6.27. The summed E-state index contributed by atoms with van der Waals surface area (Å²) in [6.45, 7) is 2.08. The summed E-state index contributed by atoms with van der Waals surface area (Å²) in [6.07, 6.45) is 1.65. The fourth-order valence-corrected chi connectivity index (χ4v) is 2.07. The van der Waals surface area contributed by atoms with Crippen molar-refractivity contribution >= 4 is 0 Å². The second-order valence-corrected chi connectivity index (χ2v) is 4.71. The molecule has 2 rings (SSSR count). The second kappa shape index (κ2) is 6.02. The van der Waals surface area contributed by atoms with Crippen LogP contribution in [0.4, 0.5) is 0 Å². The third kappa shape index (κ3) is 3.46. The van der Waals surface area contributed by atoms with Crippen LogP contribution in [0, 0.1) is 24.2 Å². The zero-order valence-corrected chi connectivity index (χ0v) is 10.6. The molecule has 0 saturated heterocycles. The Bertz CT molecular complexity index is 520. The van der Waals surface area contributed by atoms with Gasteiger partial charge in [0.25, 0.3) is 0 Å². The lowest BCUT2D eigenvalue weighted by Crippen LogP contribution is -2.05. The van der Waals surface area contributed by atoms with E-state index in [-0.39, 0.29) is 5.92 Å². The minimum absolute atomic E-state index is 0.0510. The highest BCUT2D eigenvalue weighted by molar-refractivity contribution is 5.23. The Morgan fingerprint density at radius 3 is 2.00 bits per heavy atom. The minimum Gasteiger partial charge on any atom is -0.198 e. The number of nitriles is 1. The third-order valence-electron chi connectivity index (χ3n) is 3.11. The van der Waals surface area contributed by atoms with Gasteiger partial charge in [0.2, 0.25) is 0 Å². The molecule has 1 atom stereocenters. The molecule has 1 unspecified atom stereocenters. The maximum atomic E-state index is 9.25. The summed E-state index contributed by atoms with van der Waals surface area (Å²) >= 11 is 0. The molecule has 0 fully saturated rings. The smallest absolute Gasteiger partial charge is 0.0662 e. The molecule has 1 heteroatoms. The van der Waals surface area contributed by atoms with Crippen molar-refractivity contribution in [3.8, 4) is 6.07 Å². The van der Waals surface area contributed by atoms with Gasteiger partial charge in [-0.25, -0.2) is 0 Å². The molecule has 0 aliphatic carbocycles. The molecule has 0 amide bonds. The summed E-state index contributed by atoms with van der Waals surface area (Å²) in [4.78, 5) is 0. The maximum Gasteiger partial charge on any atom is 0.0662 e. The molecule has 0 bridgehead atoms. The molecule has 0 aromatic heterocycles. The number of hydrogen-bond acceptors (Lipinski definition) is 1. The predicted octanol–water partition coefficient (Wildman–Crippen LogP) is 3.92. The van der Waals surface area contributed by atoms with E-state index in [4.69, 9.17) is 0 Å². The highest BCUT2D eigenvalue weighted by Crippen LogP contribution is 2.14. The first-order valence-corrected chi connectivity index (χ1v) is 6.27. The summed E-state index contributed by atoms with van der Waals surface area (Å²) in [5.41, 5.74) is 3.73. The standard InChI is InChI=1S/C17H17N/c1-14-7-9-16(10-8-14)12-17(13-18)11-15-5-3-2-4-6-15/h2-10,17H,11-12H2,1H3. The van der Waals surface area contributed by atoms with Crippen LogP contribution in [0.2, 0.25) is 0 Å². The highest BCUT2D eigenvalue weighted by Gasteiger charge is 2.09. The monoisotopic (exact) mass is 235 g/mol. The number of hydrogen-bond donors (Lipinski definition) is 0. The summed E-state index contributed by atoms with van der Waals surface area (Å²) in [6, 6.07) is 21.1. The van der Waals surface area contributed by atoms with E-state index in [1.807, 2.05) is 18.2 Å². The lowest BCUT2D eigenvalue weighted by molar-refractivity contribution is 0.658. The van der Waals surface area contributed by atoms with Crippen molar-refractivity contribution in [2.45, 2.75) is 19.8 Å². The van der Waals surface area contributed by atoms with Crippen molar-refractivity contribution in [3.05, 3.63) is 71.3 Å². The molecule has 0 radical (unpaired) electrons. The molecule has 1 nitrogen and oxygen atoms in total. The van der Waals surface area contributed by atoms with Crippen LogP contribution in [0.25, 0.3) is 0 Å². The molecule has 18 heavy (non-hydrogen) atoms. The van der Waals surface area contributed by atoms with Gasteiger partial charge in [0.15, 0.2) is 0 Å². The van der Waals surface area contributed by atoms with Crippen molar-refractivity contribution in [2.24, 2.45) is 5.92 Å². The van der Waals surface area contributed by atoms with Crippen molar-refractivity contribution in [2.75, 3.05) is 0 Å². The van der Waals surface area contributed by atoms with Gasteiger partial charge in [-0.3, -0.25) is 0 Å². The Balaban J connectivity index is 2.02. The molecule has 2 aromatic carbocycles. The SMILES string of the molecule is Cc1ccc(CC(C#N)Cc2ccccc2)cc1. The molecule has 0 spiro atoms. The fraction of sp³-hybridized carbons (Fsp3) is 0.235. The van der Waals surface area contributed by atoms with Crippen molar-refractivity contribution in [3.63, 3.8) is 0 Å². The van der Waals surface area contributed by atoms with Gasteiger partial charge < -0.3 is 0 Å². The topological polar surface area (TPSA) is 23.8 Å². The van der Waals surface area contributed by atoms with Crippen LogP contribution in [-0.4, -0.2) is 0 Å². The van der Waals surface area contributed by atoms with E-state index in [1.54, 1.807) is 0 Å². The number of benzene rings is 2. The van der Waals surface area contributed by atoms with Crippen molar-refractivity contribution in [1.82, 2.24) is 0 Å². The van der Waals surface area contributed by atoms with Gasteiger partial charge in [-0.15, -0.1) is 0 Å². The Morgan fingerprint density at radius 2 is 1.44 bits per heavy atom. The zero-order chi connectivity index (χ0) is 12.8. The molecular formula is C17H17N.